The van der Waals surface area contributed by atoms with Crippen LogP contribution in [0.15, 0.2) is 12.2 Å². The van der Waals surface area contributed by atoms with Crippen LogP contribution >= 0.6 is 0 Å². The maximum Gasteiger partial charge on any atom is 0.306 e. The summed E-state index contributed by atoms with van der Waals surface area (Å²) >= 11 is 0. The lowest BCUT2D eigenvalue weighted by Crippen LogP contribution is -2.37. The second-order valence-corrected chi connectivity index (χ2v) is 4.09. The first kappa shape index (κ1) is 13.7. The van der Waals surface area contributed by atoms with Crippen molar-refractivity contribution in [2.45, 2.75) is 25.0 Å². The van der Waals surface area contributed by atoms with Gasteiger partial charge in [-0.25, -0.2) is 0 Å². The molecule has 3 atom stereocenters. The minimum absolute atomic E-state index is 0.0667. The quantitative estimate of drug-likeness (QED) is 0.545. The van der Waals surface area contributed by atoms with Crippen LogP contribution in [0.2, 0.25) is 0 Å². The van der Waals surface area contributed by atoms with Gasteiger partial charge >= 0.3 is 5.97 Å². The topological polar surface area (TPSA) is 102 Å². The largest absolute Gasteiger partial charge is 0.481 e. The van der Waals surface area contributed by atoms with Gasteiger partial charge in [0.2, 0.25) is 5.91 Å². The predicted molar refractivity (Wildman–Crippen MR) is 61.3 cm³/mol. The molecule has 96 valence electrons. The molecule has 0 aromatic rings. The summed E-state index contributed by atoms with van der Waals surface area (Å²) in [4.78, 5) is 22.2. The lowest BCUT2D eigenvalue weighted by Gasteiger charge is -2.16. The van der Waals surface area contributed by atoms with E-state index in [2.05, 4.69) is 5.32 Å². The highest BCUT2D eigenvalue weighted by Gasteiger charge is 2.23. The Morgan fingerprint density at radius 1 is 1.59 bits per heavy atom. The number of aliphatic carboxylic acids is 1. The van der Waals surface area contributed by atoms with Gasteiger partial charge < -0.3 is 20.9 Å². The Hall–Kier alpha value is -1.40. The van der Waals surface area contributed by atoms with Crippen LogP contribution in [-0.4, -0.2) is 42.8 Å². The Labute approximate surface area is 99.8 Å². The van der Waals surface area contributed by atoms with Crippen molar-refractivity contribution < 1.29 is 19.4 Å². The van der Waals surface area contributed by atoms with Crippen LogP contribution in [0.4, 0.5) is 0 Å². The molecule has 1 aliphatic rings. The van der Waals surface area contributed by atoms with Crippen molar-refractivity contribution in [1.82, 2.24) is 5.32 Å². The molecule has 4 N–H and O–H groups in total. The van der Waals surface area contributed by atoms with Crippen molar-refractivity contribution >= 4 is 11.9 Å². The van der Waals surface area contributed by atoms with Gasteiger partial charge in [-0.2, -0.15) is 0 Å². The number of methoxy groups -OCH3 is 1. The molecule has 6 heteroatoms. The van der Waals surface area contributed by atoms with E-state index in [9.17, 15) is 9.59 Å². The van der Waals surface area contributed by atoms with Gasteiger partial charge in [0.15, 0.2) is 0 Å². The van der Waals surface area contributed by atoms with Gasteiger partial charge in [-0.1, -0.05) is 12.2 Å². The zero-order valence-electron chi connectivity index (χ0n) is 9.76. The number of nitrogens with two attached hydrogens (primary N) is 1. The first-order chi connectivity index (χ1) is 8.02. The Bertz CT molecular complexity index is 317. The van der Waals surface area contributed by atoms with Gasteiger partial charge in [0, 0.05) is 19.7 Å². The molecule has 6 nitrogen and oxygen atoms in total. The molecule has 0 aromatic heterocycles. The molecule has 0 aromatic carbocycles. The molecule has 0 saturated heterocycles. The molecule has 1 rings (SSSR count). The molecule has 0 aliphatic heterocycles. The number of carboxylic acids is 1. The smallest absolute Gasteiger partial charge is 0.306 e. The molecular weight excluding hydrogens is 224 g/mol. The van der Waals surface area contributed by atoms with Gasteiger partial charge in [-0.05, 0) is 6.42 Å². The van der Waals surface area contributed by atoms with Crippen LogP contribution in [0.1, 0.15) is 12.8 Å². The van der Waals surface area contributed by atoms with Crippen LogP contribution in [0.5, 0.6) is 0 Å². The molecule has 0 heterocycles. The van der Waals surface area contributed by atoms with E-state index in [1.54, 1.807) is 12.2 Å². The number of amides is 1. The van der Waals surface area contributed by atoms with Crippen molar-refractivity contribution in [3.05, 3.63) is 12.2 Å². The van der Waals surface area contributed by atoms with Gasteiger partial charge in [0.1, 0.15) is 0 Å². The predicted octanol–water partition coefficient (Wildman–Crippen LogP) is -0.504. The standard InChI is InChI=1S/C11H18N2O4/c1-17-9(5-10(14)15)6-13-11(16)7-2-3-8(12)4-7/h2-3,7-9H,4-6,12H2,1H3,(H,13,16)(H,14,15). The number of carboxylic acid groups (broad SMARTS) is 1. The van der Waals surface area contributed by atoms with Gasteiger partial charge in [-0.15, -0.1) is 0 Å². The molecule has 3 unspecified atom stereocenters. The summed E-state index contributed by atoms with van der Waals surface area (Å²) in [5, 5.41) is 11.3. The average Bonchev–Trinajstić information content (AvgIpc) is 2.70. The first-order valence-corrected chi connectivity index (χ1v) is 5.49. The third-order valence-electron chi connectivity index (χ3n) is 2.69. The number of carbonyl (C=O) groups excluding carboxylic acids is 1. The van der Waals surface area contributed by atoms with Crippen LogP contribution in [0.25, 0.3) is 0 Å². The van der Waals surface area contributed by atoms with E-state index >= 15 is 0 Å². The SMILES string of the molecule is COC(CNC(=O)C1C=CC(N)C1)CC(=O)O. The summed E-state index contributed by atoms with van der Waals surface area (Å²) in [7, 11) is 1.42. The molecule has 0 saturated carbocycles. The fourth-order valence-corrected chi connectivity index (χ4v) is 1.70. The molecule has 0 spiro atoms. The third kappa shape index (κ3) is 4.54. The summed E-state index contributed by atoms with van der Waals surface area (Å²) < 4.78 is 4.96. The highest BCUT2D eigenvalue weighted by atomic mass is 16.5. The summed E-state index contributed by atoms with van der Waals surface area (Å²) in [5.74, 6) is -1.30. The van der Waals surface area contributed by atoms with Crippen LogP contribution < -0.4 is 11.1 Å². The molecule has 1 aliphatic carbocycles. The molecule has 17 heavy (non-hydrogen) atoms. The second kappa shape index (κ2) is 6.36. The van der Waals surface area contributed by atoms with Crippen LogP contribution in [-0.2, 0) is 14.3 Å². The maximum atomic E-state index is 11.7. The average molecular weight is 242 g/mol. The lowest BCUT2D eigenvalue weighted by atomic mass is 10.1. The van der Waals surface area contributed by atoms with E-state index < -0.39 is 12.1 Å². The van der Waals surface area contributed by atoms with E-state index in [1.165, 1.54) is 7.11 Å². The number of rotatable bonds is 6. The Kier molecular flexibility index (Phi) is 5.11. The van der Waals surface area contributed by atoms with Crippen LogP contribution in [0.3, 0.4) is 0 Å². The maximum absolute atomic E-state index is 11.7. The highest BCUT2D eigenvalue weighted by molar-refractivity contribution is 5.81. The molecule has 0 fully saturated rings. The fraction of sp³-hybridized carbons (Fsp3) is 0.636. The minimum atomic E-state index is -0.950. The monoisotopic (exact) mass is 242 g/mol. The van der Waals surface area contributed by atoms with E-state index in [0.717, 1.165) is 0 Å². The highest BCUT2D eigenvalue weighted by Crippen LogP contribution is 2.16. The summed E-state index contributed by atoms with van der Waals surface area (Å²) in [6, 6.07) is -0.0667. The second-order valence-electron chi connectivity index (χ2n) is 4.09. The van der Waals surface area contributed by atoms with E-state index in [0.29, 0.717) is 6.42 Å². The molecule has 0 bridgehead atoms. The zero-order valence-corrected chi connectivity index (χ0v) is 9.76. The van der Waals surface area contributed by atoms with Crippen molar-refractivity contribution in [2.75, 3.05) is 13.7 Å². The summed E-state index contributed by atoms with van der Waals surface area (Å²) in [6.07, 6.45) is 3.54. The minimum Gasteiger partial charge on any atom is -0.481 e. The Morgan fingerprint density at radius 2 is 2.29 bits per heavy atom. The Morgan fingerprint density at radius 3 is 2.76 bits per heavy atom. The lowest BCUT2D eigenvalue weighted by molar-refractivity contribution is -0.140. The number of hydrogen-bond acceptors (Lipinski definition) is 4. The van der Waals surface area contributed by atoms with Gasteiger partial charge in [-0.3, -0.25) is 9.59 Å². The molecular formula is C11H18N2O4. The number of nitrogens with one attached hydrogen (secondary N) is 1. The zero-order chi connectivity index (χ0) is 12.8. The number of ether oxygens (including phenoxy) is 1. The number of carbonyl (C=O) groups is 2. The third-order valence-corrected chi connectivity index (χ3v) is 2.69. The van der Waals surface area contributed by atoms with Crippen molar-refractivity contribution in [2.24, 2.45) is 11.7 Å². The van der Waals surface area contributed by atoms with E-state index in [1.807, 2.05) is 0 Å². The van der Waals surface area contributed by atoms with E-state index in [-0.39, 0.29) is 30.8 Å². The normalized spacial score (nSPS) is 24.6. The fourth-order valence-electron chi connectivity index (χ4n) is 1.70. The summed E-state index contributed by atoms with van der Waals surface area (Å²) in [6.45, 7) is 0.196. The van der Waals surface area contributed by atoms with Crippen LogP contribution in [0, 0.1) is 5.92 Å². The van der Waals surface area contributed by atoms with Gasteiger partial charge in [0.25, 0.3) is 0 Å². The molecule has 1 amide bonds. The van der Waals surface area contributed by atoms with Crippen molar-refractivity contribution in [3.63, 3.8) is 0 Å². The van der Waals surface area contributed by atoms with Crippen molar-refractivity contribution in [1.29, 1.82) is 0 Å². The molecule has 0 radical (unpaired) electrons. The Balaban J connectivity index is 2.31. The van der Waals surface area contributed by atoms with Gasteiger partial charge in [0.05, 0.1) is 18.4 Å². The van der Waals surface area contributed by atoms with E-state index in [4.69, 9.17) is 15.6 Å². The summed E-state index contributed by atoms with van der Waals surface area (Å²) in [5.41, 5.74) is 5.64. The first-order valence-electron chi connectivity index (χ1n) is 5.49. The van der Waals surface area contributed by atoms with Crippen molar-refractivity contribution in [3.8, 4) is 0 Å². The number of hydrogen-bond donors (Lipinski definition) is 3.